The molecule has 1 heterocycles. The second-order valence-corrected chi connectivity index (χ2v) is 7.25. The van der Waals surface area contributed by atoms with Crippen molar-refractivity contribution in [2.24, 2.45) is 10.7 Å². The molecule has 1 aliphatic rings. The number of hydrogen-bond donors (Lipinski definition) is 1. The van der Waals surface area contributed by atoms with E-state index in [1.807, 2.05) is 11.3 Å². The first kappa shape index (κ1) is 15.1. The number of thioether (sulfide) groups is 1. The van der Waals surface area contributed by atoms with Crippen LogP contribution < -0.4 is 5.73 Å². The van der Waals surface area contributed by atoms with Crippen LogP contribution in [-0.4, -0.2) is 6.72 Å². The van der Waals surface area contributed by atoms with Crippen molar-refractivity contribution in [3.63, 3.8) is 0 Å². The number of fused-ring (bicyclic) bond motifs is 1. The lowest BCUT2D eigenvalue weighted by Gasteiger charge is -2.12. The summed E-state index contributed by atoms with van der Waals surface area (Å²) in [7, 11) is 0. The highest BCUT2D eigenvalue weighted by molar-refractivity contribution is 8.02. The second-order valence-electron chi connectivity index (χ2n) is 5.07. The van der Waals surface area contributed by atoms with Crippen molar-refractivity contribution >= 4 is 39.9 Å². The van der Waals surface area contributed by atoms with Gasteiger partial charge in [0.2, 0.25) is 0 Å². The smallest absolute Gasteiger partial charge is 0.0950 e. The van der Waals surface area contributed by atoms with Crippen LogP contribution in [0.1, 0.15) is 17.7 Å². The Kier molecular flexibility index (Phi) is 4.80. The van der Waals surface area contributed by atoms with Crippen LogP contribution in [0.2, 0.25) is 0 Å². The average molecular weight is 326 g/mol. The Bertz CT molecular complexity index is 748. The Labute approximate surface area is 139 Å². The van der Waals surface area contributed by atoms with Gasteiger partial charge in [0.1, 0.15) is 0 Å². The fourth-order valence-corrected chi connectivity index (χ4v) is 4.45. The maximum Gasteiger partial charge on any atom is 0.0950 e. The maximum atomic E-state index is 6.25. The summed E-state index contributed by atoms with van der Waals surface area (Å²) in [6.07, 6.45) is 8.33. The molecule has 22 heavy (non-hydrogen) atoms. The Morgan fingerprint density at radius 2 is 2.23 bits per heavy atom. The van der Waals surface area contributed by atoms with Crippen LogP contribution in [0.5, 0.6) is 0 Å². The third-order valence-electron chi connectivity index (χ3n) is 3.56. The standard InChI is InChI=1S/C18H18N2S2/c1-20-17(13-7-3-2-4-8-13)18(19)21-12-15-11-14-9-5-6-10-16(14)22-15/h2-3,5-7,9-11H,1,4,8,12,19H2/b18-17-. The summed E-state index contributed by atoms with van der Waals surface area (Å²) in [4.78, 5) is 5.48. The van der Waals surface area contributed by atoms with Gasteiger partial charge in [0, 0.05) is 15.3 Å². The minimum Gasteiger partial charge on any atom is -0.392 e. The first-order valence-electron chi connectivity index (χ1n) is 7.20. The number of nitrogens with zero attached hydrogens (tertiary/aromatic N) is 1. The Hall–Kier alpha value is -1.78. The van der Waals surface area contributed by atoms with Gasteiger partial charge in [0.25, 0.3) is 0 Å². The summed E-state index contributed by atoms with van der Waals surface area (Å²) < 4.78 is 1.32. The van der Waals surface area contributed by atoms with Crippen LogP contribution in [0.15, 0.2) is 69.9 Å². The van der Waals surface area contributed by atoms with Crippen molar-refractivity contribution in [1.29, 1.82) is 0 Å². The molecule has 0 atom stereocenters. The molecule has 2 N–H and O–H groups in total. The Morgan fingerprint density at radius 3 is 2.95 bits per heavy atom. The van der Waals surface area contributed by atoms with Gasteiger partial charge >= 0.3 is 0 Å². The zero-order valence-electron chi connectivity index (χ0n) is 12.3. The van der Waals surface area contributed by atoms with Gasteiger partial charge in [0.05, 0.1) is 10.7 Å². The second kappa shape index (κ2) is 6.99. The first-order valence-corrected chi connectivity index (χ1v) is 9.01. The summed E-state index contributed by atoms with van der Waals surface area (Å²) in [5.41, 5.74) is 8.27. The summed E-state index contributed by atoms with van der Waals surface area (Å²) in [5.74, 6) is 0.868. The Balaban J connectivity index is 1.76. The predicted octanol–water partition coefficient (Wildman–Crippen LogP) is 5.24. The van der Waals surface area contributed by atoms with Gasteiger partial charge in [-0.15, -0.1) is 23.1 Å². The molecule has 0 amide bonds. The van der Waals surface area contributed by atoms with E-state index in [4.69, 9.17) is 5.73 Å². The lowest BCUT2D eigenvalue weighted by molar-refractivity contribution is 0.959. The number of benzene rings is 1. The van der Waals surface area contributed by atoms with Gasteiger partial charge in [-0.2, -0.15) is 0 Å². The number of thiophene rings is 1. The Morgan fingerprint density at radius 1 is 1.36 bits per heavy atom. The van der Waals surface area contributed by atoms with E-state index in [1.54, 1.807) is 11.8 Å². The summed E-state index contributed by atoms with van der Waals surface area (Å²) >= 11 is 3.46. The van der Waals surface area contributed by atoms with Crippen LogP contribution in [0.3, 0.4) is 0 Å². The molecule has 1 aromatic heterocycles. The van der Waals surface area contributed by atoms with Crippen molar-refractivity contribution in [3.8, 4) is 0 Å². The van der Waals surface area contributed by atoms with Gasteiger partial charge in [-0.25, -0.2) is 0 Å². The van der Waals surface area contributed by atoms with E-state index in [9.17, 15) is 0 Å². The number of hydrogen-bond acceptors (Lipinski definition) is 4. The molecule has 1 aliphatic carbocycles. The monoisotopic (exact) mass is 326 g/mol. The third-order valence-corrected chi connectivity index (χ3v) is 5.81. The zero-order valence-corrected chi connectivity index (χ0v) is 13.9. The SMILES string of the molecule is C=N/C(C1=CC=CCC1)=C(/N)SCc1cc2ccccc2s1. The molecular weight excluding hydrogens is 308 g/mol. The number of aliphatic imine (C=N–C) groups is 1. The van der Waals surface area contributed by atoms with E-state index < -0.39 is 0 Å². The molecule has 112 valence electrons. The van der Waals surface area contributed by atoms with Gasteiger partial charge < -0.3 is 5.73 Å². The molecule has 1 aromatic carbocycles. The molecule has 2 nitrogen and oxygen atoms in total. The molecule has 0 saturated carbocycles. The molecule has 2 aromatic rings. The molecule has 0 spiro atoms. The molecule has 0 radical (unpaired) electrons. The molecular formula is C18H18N2S2. The van der Waals surface area contributed by atoms with Gasteiger partial charge in [-0.05, 0) is 42.7 Å². The van der Waals surface area contributed by atoms with E-state index >= 15 is 0 Å². The van der Waals surface area contributed by atoms with E-state index in [0.717, 1.165) is 29.3 Å². The fraction of sp³-hybridized carbons (Fsp3) is 0.167. The van der Waals surface area contributed by atoms with Crippen LogP contribution in [0.4, 0.5) is 0 Å². The highest BCUT2D eigenvalue weighted by atomic mass is 32.2. The highest BCUT2D eigenvalue weighted by Gasteiger charge is 2.11. The largest absolute Gasteiger partial charge is 0.392 e. The van der Waals surface area contributed by atoms with E-state index in [-0.39, 0.29) is 0 Å². The van der Waals surface area contributed by atoms with E-state index in [0.29, 0.717) is 0 Å². The lowest BCUT2D eigenvalue weighted by Crippen LogP contribution is -2.01. The minimum atomic E-state index is 0.758. The summed E-state index contributed by atoms with van der Waals surface area (Å²) in [6.45, 7) is 3.68. The summed E-state index contributed by atoms with van der Waals surface area (Å²) in [6, 6.07) is 10.7. The summed E-state index contributed by atoms with van der Waals surface area (Å²) in [5, 5.41) is 2.06. The first-order chi connectivity index (χ1) is 10.8. The average Bonchev–Trinajstić information content (AvgIpc) is 2.97. The van der Waals surface area contributed by atoms with Gasteiger partial charge in [-0.1, -0.05) is 36.4 Å². The van der Waals surface area contributed by atoms with Crippen molar-refractivity contribution in [3.05, 3.63) is 69.7 Å². The number of rotatable bonds is 5. The maximum absolute atomic E-state index is 6.25. The molecule has 0 aliphatic heterocycles. The van der Waals surface area contributed by atoms with Crippen molar-refractivity contribution in [2.45, 2.75) is 18.6 Å². The van der Waals surface area contributed by atoms with Crippen LogP contribution in [-0.2, 0) is 5.75 Å². The predicted molar refractivity (Wildman–Crippen MR) is 100 cm³/mol. The van der Waals surface area contributed by atoms with E-state index in [2.05, 4.69) is 60.3 Å². The van der Waals surface area contributed by atoms with E-state index in [1.165, 1.54) is 20.5 Å². The van der Waals surface area contributed by atoms with Gasteiger partial charge in [0.15, 0.2) is 0 Å². The van der Waals surface area contributed by atoms with Crippen LogP contribution in [0, 0.1) is 0 Å². The van der Waals surface area contributed by atoms with Gasteiger partial charge in [-0.3, -0.25) is 4.99 Å². The molecule has 0 fully saturated rings. The third kappa shape index (κ3) is 3.34. The fourth-order valence-electron chi connectivity index (χ4n) is 2.46. The quantitative estimate of drug-likeness (QED) is 0.763. The van der Waals surface area contributed by atoms with Crippen LogP contribution >= 0.6 is 23.1 Å². The number of nitrogens with two attached hydrogens (primary N) is 1. The molecule has 4 heteroatoms. The molecule has 0 unspecified atom stereocenters. The highest BCUT2D eigenvalue weighted by Crippen LogP contribution is 2.32. The van der Waals surface area contributed by atoms with Crippen molar-refractivity contribution in [1.82, 2.24) is 0 Å². The van der Waals surface area contributed by atoms with Crippen molar-refractivity contribution < 1.29 is 0 Å². The zero-order chi connectivity index (χ0) is 15.4. The number of allylic oxidation sites excluding steroid dienone is 4. The topological polar surface area (TPSA) is 38.4 Å². The van der Waals surface area contributed by atoms with Crippen molar-refractivity contribution in [2.75, 3.05) is 0 Å². The molecule has 0 saturated heterocycles. The van der Waals surface area contributed by atoms with Crippen LogP contribution in [0.25, 0.3) is 10.1 Å². The normalized spacial score (nSPS) is 15.5. The lowest BCUT2D eigenvalue weighted by atomic mass is 10.0. The molecule has 0 bridgehead atoms. The molecule has 3 rings (SSSR count). The minimum absolute atomic E-state index is 0.758.